The molecule has 0 aromatic heterocycles. The summed E-state index contributed by atoms with van der Waals surface area (Å²) in [5.74, 6) is -0.266. The van der Waals surface area contributed by atoms with Crippen LogP contribution in [0.25, 0.3) is 0 Å². The van der Waals surface area contributed by atoms with Gasteiger partial charge in [-0.15, -0.1) is 0 Å². The van der Waals surface area contributed by atoms with Crippen molar-refractivity contribution in [3.8, 4) is 0 Å². The van der Waals surface area contributed by atoms with Crippen molar-refractivity contribution in [3.63, 3.8) is 0 Å². The number of primary sulfonamides is 1. The Morgan fingerprint density at radius 3 is 2.38 bits per heavy atom. The molecule has 0 saturated heterocycles. The smallest absolute Gasteiger partial charge is 0.246 e. The van der Waals surface area contributed by atoms with Crippen molar-refractivity contribution in [1.82, 2.24) is 0 Å². The van der Waals surface area contributed by atoms with Crippen molar-refractivity contribution in [2.45, 2.75) is 24.8 Å². The third-order valence-electron chi connectivity index (χ3n) is 3.48. The molecule has 0 aliphatic heterocycles. The van der Waals surface area contributed by atoms with Crippen LogP contribution in [0.3, 0.4) is 0 Å². The molecule has 0 heterocycles. The number of nitrogens with two attached hydrogens (primary N) is 1. The average Bonchev–Trinajstić information content (AvgIpc) is 2.51. The number of anilines is 2. The molecule has 0 spiro atoms. The maximum Gasteiger partial charge on any atom is 0.246 e. The van der Waals surface area contributed by atoms with E-state index in [1.54, 1.807) is 19.1 Å². The predicted octanol–water partition coefficient (Wildman–Crippen LogP) is 2.73. The van der Waals surface area contributed by atoms with Gasteiger partial charge in [0.25, 0.3) is 0 Å². The Balaban J connectivity index is 2.05. The molecule has 0 aliphatic carbocycles. The predicted molar refractivity (Wildman–Crippen MR) is 95.7 cm³/mol. The van der Waals surface area contributed by atoms with E-state index in [2.05, 4.69) is 10.6 Å². The Kier molecular flexibility index (Phi) is 5.48. The van der Waals surface area contributed by atoms with E-state index in [4.69, 9.17) is 16.7 Å². The topological polar surface area (TPSA) is 101 Å². The maximum atomic E-state index is 12.2. The molecule has 8 heteroatoms. The number of halogens is 1. The van der Waals surface area contributed by atoms with E-state index in [9.17, 15) is 13.2 Å². The highest BCUT2D eigenvalue weighted by molar-refractivity contribution is 7.89. The van der Waals surface area contributed by atoms with Gasteiger partial charge in [-0.25, -0.2) is 13.6 Å². The summed E-state index contributed by atoms with van der Waals surface area (Å²) in [6, 6.07) is 10.5. The van der Waals surface area contributed by atoms with Crippen LogP contribution in [0.15, 0.2) is 47.4 Å². The van der Waals surface area contributed by atoms with Crippen molar-refractivity contribution >= 4 is 38.9 Å². The third-order valence-corrected chi connectivity index (χ3v) is 4.82. The van der Waals surface area contributed by atoms with E-state index in [1.165, 1.54) is 24.3 Å². The normalized spacial score (nSPS) is 12.5. The minimum Gasteiger partial charge on any atom is -0.374 e. The van der Waals surface area contributed by atoms with Gasteiger partial charge >= 0.3 is 0 Å². The monoisotopic (exact) mass is 367 g/mol. The zero-order chi connectivity index (χ0) is 17.9. The summed E-state index contributed by atoms with van der Waals surface area (Å²) in [7, 11) is -3.75. The van der Waals surface area contributed by atoms with Crippen LogP contribution in [0.1, 0.15) is 12.5 Å². The summed E-state index contributed by atoms with van der Waals surface area (Å²) in [6.45, 7) is 3.58. The molecule has 6 nitrogen and oxygen atoms in total. The molecule has 0 aliphatic rings. The summed E-state index contributed by atoms with van der Waals surface area (Å²) >= 11 is 6.06. The number of carbonyl (C=O) groups is 1. The summed E-state index contributed by atoms with van der Waals surface area (Å²) in [5.41, 5.74) is 2.11. The van der Waals surface area contributed by atoms with E-state index in [0.717, 1.165) is 11.3 Å². The second kappa shape index (κ2) is 7.21. The van der Waals surface area contributed by atoms with Crippen LogP contribution < -0.4 is 15.8 Å². The fraction of sp³-hybridized carbons (Fsp3) is 0.188. The van der Waals surface area contributed by atoms with Gasteiger partial charge in [0.2, 0.25) is 15.9 Å². The van der Waals surface area contributed by atoms with Gasteiger partial charge in [0.1, 0.15) is 6.04 Å². The van der Waals surface area contributed by atoms with Crippen molar-refractivity contribution < 1.29 is 13.2 Å². The number of benzene rings is 2. The van der Waals surface area contributed by atoms with Gasteiger partial charge in [-0.3, -0.25) is 4.79 Å². The lowest BCUT2D eigenvalue weighted by atomic mass is 10.1. The molecule has 0 saturated carbocycles. The van der Waals surface area contributed by atoms with Crippen LogP contribution in [0.4, 0.5) is 11.4 Å². The molecule has 24 heavy (non-hydrogen) atoms. The molecule has 4 N–H and O–H groups in total. The molecule has 2 aromatic rings. The van der Waals surface area contributed by atoms with Gasteiger partial charge in [0.15, 0.2) is 0 Å². The fourth-order valence-corrected chi connectivity index (χ4v) is 2.73. The first kappa shape index (κ1) is 18.3. The number of hydrogen-bond donors (Lipinski definition) is 3. The van der Waals surface area contributed by atoms with E-state index in [0.29, 0.717) is 10.7 Å². The zero-order valence-corrected chi connectivity index (χ0v) is 14.8. The quantitative estimate of drug-likeness (QED) is 0.756. The number of sulfonamides is 1. The summed E-state index contributed by atoms with van der Waals surface area (Å²) < 4.78 is 22.4. The van der Waals surface area contributed by atoms with Crippen molar-refractivity contribution in [2.24, 2.45) is 5.14 Å². The maximum absolute atomic E-state index is 12.2. The van der Waals surface area contributed by atoms with Crippen LogP contribution in [0, 0.1) is 6.92 Å². The average molecular weight is 368 g/mol. The van der Waals surface area contributed by atoms with Gasteiger partial charge < -0.3 is 10.6 Å². The highest BCUT2D eigenvalue weighted by Crippen LogP contribution is 2.23. The Hall–Kier alpha value is -2.09. The first-order valence-corrected chi connectivity index (χ1v) is 9.06. The van der Waals surface area contributed by atoms with Gasteiger partial charge in [-0.2, -0.15) is 0 Å². The lowest BCUT2D eigenvalue weighted by Gasteiger charge is -2.17. The van der Waals surface area contributed by atoms with E-state index >= 15 is 0 Å². The van der Waals surface area contributed by atoms with E-state index < -0.39 is 16.1 Å². The second-order valence-electron chi connectivity index (χ2n) is 5.34. The van der Waals surface area contributed by atoms with Crippen molar-refractivity contribution in [3.05, 3.63) is 53.1 Å². The van der Waals surface area contributed by atoms with Crippen LogP contribution in [0.2, 0.25) is 5.02 Å². The highest BCUT2D eigenvalue weighted by Gasteiger charge is 2.15. The highest BCUT2D eigenvalue weighted by atomic mass is 35.5. The molecule has 0 bridgehead atoms. The Labute approximate surface area is 146 Å². The molecular formula is C16H18ClN3O3S. The van der Waals surface area contributed by atoms with E-state index in [1.807, 2.05) is 13.0 Å². The van der Waals surface area contributed by atoms with Crippen molar-refractivity contribution in [2.75, 3.05) is 10.6 Å². The number of hydrogen-bond acceptors (Lipinski definition) is 4. The molecule has 1 atom stereocenters. The summed E-state index contributed by atoms with van der Waals surface area (Å²) in [6.07, 6.45) is 0. The van der Waals surface area contributed by atoms with Crippen molar-refractivity contribution in [1.29, 1.82) is 0 Å². The van der Waals surface area contributed by atoms with Gasteiger partial charge in [0, 0.05) is 16.4 Å². The summed E-state index contributed by atoms with van der Waals surface area (Å²) in [5, 5.41) is 11.4. The zero-order valence-electron chi connectivity index (χ0n) is 13.2. The number of amides is 1. The first-order chi connectivity index (χ1) is 11.2. The van der Waals surface area contributed by atoms with Crippen LogP contribution in [-0.2, 0) is 14.8 Å². The number of rotatable bonds is 5. The SMILES string of the molecule is Cc1c(Cl)cccc1N[C@@H](C)C(=O)Nc1ccc(S(N)(=O)=O)cc1. The Bertz CT molecular complexity index is 851. The summed E-state index contributed by atoms with van der Waals surface area (Å²) in [4.78, 5) is 12.2. The van der Waals surface area contributed by atoms with Crippen LogP contribution >= 0.6 is 11.6 Å². The number of nitrogens with one attached hydrogen (secondary N) is 2. The minimum atomic E-state index is -3.75. The lowest BCUT2D eigenvalue weighted by molar-refractivity contribution is -0.116. The minimum absolute atomic E-state index is 0.0128. The molecule has 0 fully saturated rings. The fourth-order valence-electron chi connectivity index (χ4n) is 2.04. The lowest BCUT2D eigenvalue weighted by Crippen LogP contribution is -2.32. The molecule has 2 aromatic carbocycles. The Morgan fingerprint density at radius 1 is 1.17 bits per heavy atom. The largest absolute Gasteiger partial charge is 0.374 e. The Morgan fingerprint density at radius 2 is 1.79 bits per heavy atom. The number of carbonyl (C=O) groups excluding carboxylic acids is 1. The molecule has 2 rings (SSSR count). The third kappa shape index (κ3) is 4.47. The van der Waals surface area contributed by atoms with Crippen LogP contribution in [0.5, 0.6) is 0 Å². The molecule has 128 valence electrons. The van der Waals surface area contributed by atoms with Gasteiger partial charge in [-0.1, -0.05) is 17.7 Å². The first-order valence-electron chi connectivity index (χ1n) is 7.14. The van der Waals surface area contributed by atoms with Gasteiger partial charge in [-0.05, 0) is 55.8 Å². The molecular weight excluding hydrogens is 350 g/mol. The van der Waals surface area contributed by atoms with Gasteiger partial charge in [0.05, 0.1) is 4.90 Å². The molecule has 0 radical (unpaired) electrons. The second-order valence-corrected chi connectivity index (χ2v) is 7.31. The molecule has 1 amide bonds. The standard InChI is InChI=1S/C16H18ClN3O3S/c1-10-14(17)4-3-5-15(10)19-11(2)16(21)20-12-6-8-13(9-7-12)24(18,22)23/h3-9,11,19H,1-2H3,(H,20,21)(H2,18,22,23)/t11-/m0/s1. The van der Waals surface area contributed by atoms with E-state index in [-0.39, 0.29) is 10.8 Å². The molecule has 0 unspecified atom stereocenters. The van der Waals surface area contributed by atoms with Crippen LogP contribution in [-0.4, -0.2) is 20.4 Å².